The van der Waals surface area contributed by atoms with Crippen molar-refractivity contribution < 1.29 is 19.4 Å². The quantitative estimate of drug-likeness (QED) is 0.343. The van der Waals surface area contributed by atoms with Gasteiger partial charge < -0.3 is 9.84 Å². The predicted octanol–water partition coefficient (Wildman–Crippen LogP) is 6.02. The van der Waals surface area contributed by atoms with Crippen molar-refractivity contribution in [2.75, 3.05) is 4.90 Å². The van der Waals surface area contributed by atoms with Crippen LogP contribution in [-0.2, 0) is 11.4 Å². The maximum absolute atomic E-state index is 13.0. The van der Waals surface area contributed by atoms with E-state index in [2.05, 4.69) is 0 Å². The van der Waals surface area contributed by atoms with E-state index in [0.717, 1.165) is 11.1 Å². The third-order valence-electron chi connectivity index (χ3n) is 4.65. The lowest BCUT2D eigenvalue weighted by atomic mass is 10.1. The first-order valence-corrected chi connectivity index (χ1v) is 11.1. The molecule has 1 saturated heterocycles. The predicted molar refractivity (Wildman–Crippen MR) is 131 cm³/mol. The van der Waals surface area contributed by atoms with E-state index in [1.54, 1.807) is 18.2 Å². The van der Waals surface area contributed by atoms with E-state index in [-0.39, 0.29) is 11.5 Å². The first kappa shape index (κ1) is 22.1. The number of anilines is 1. The van der Waals surface area contributed by atoms with E-state index in [1.165, 1.54) is 28.8 Å². The summed E-state index contributed by atoms with van der Waals surface area (Å²) >= 11 is 12.7. The summed E-state index contributed by atoms with van der Waals surface area (Å²) in [5.41, 5.74) is 2.17. The molecule has 0 unspecified atom stereocenters. The maximum Gasteiger partial charge on any atom is 0.335 e. The Morgan fingerprint density at radius 3 is 2.66 bits per heavy atom. The lowest BCUT2D eigenvalue weighted by molar-refractivity contribution is -0.113. The number of carboxylic acids is 1. The minimum absolute atomic E-state index is 0.0869. The van der Waals surface area contributed by atoms with Crippen molar-refractivity contribution in [1.29, 1.82) is 0 Å². The van der Waals surface area contributed by atoms with Crippen LogP contribution >= 0.6 is 35.6 Å². The van der Waals surface area contributed by atoms with Crippen molar-refractivity contribution >= 4 is 63.5 Å². The largest absolute Gasteiger partial charge is 0.489 e. The van der Waals surface area contributed by atoms with Crippen LogP contribution in [0.4, 0.5) is 5.69 Å². The van der Waals surface area contributed by atoms with Crippen LogP contribution in [0.1, 0.15) is 21.5 Å². The zero-order valence-electron chi connectivity index (χ0n) is 16.5. The molecule has 8 heteroatoms. The fraction of sp³-hybridized carbons (Fsp3) is 0.0417. The van der Waals surface area contributed by atoms with Crippen LogP contribution < -0.4 is 9.64 Å². The van der Waals surface area contributed by atoms with Gasteiger partial charge in [-0.15, -0.1) is 0 Å². The zero-order chi connectivity index (χ0) is 22.7. The molecule has 0 spiro atoms. The van der Waals surface area contributed by atoms with Crippen LogP contribution in [0.5, 0.6) is 5.75 Å². The lowest BCUT2D eigenvalue weighted by Gasteiger charge is -2.14. The third kappa shape index (κ3) is 4.85. The summed E-state index contributed by atoms with van der Waals surface area (Å²) in [6.07, 6.45) is 1.74. The number of rotatable bonds is 6. The second-order valence-corrected chi connectivity index (χ2v) is 8.91. The fourth-order valence-corrected chi connectivity index (χ4v) is 4.58. The number of thiocarbonyl (C=S) groups is 1. The van der Waals surface area contributed by atoms with Crippen LogP contribution in [-0.4, -0.2) is 21.3 Å². The molecule has 3 aromatic carbocycles. The Hall–Kier alpha value is -3.13. The first-order valence-electron chi connectivity index (χ1n) is 9.50. The van der Waals surface area contributed by atoms with Gasteiger partial charge in [0.2, 0.25) is 0 Å². The summed E-state index contributed by atoms with van der Waals surface area (Å²) in [4.78, 5) is 26.0. The Labute approximate surface area is 199 Å². The topological polar surface area (TPSA) is 66.8 Å². The highest BCUT2D eigenvalue weighted by atomic mass is 35.5. The first-order chi connectivity index (χ1) is 15.4. The third-order valence-corrected chi connectivity index (χ3v) is 6.32. The molecule has 32 heavy (non-hydrogen) atoms. The summed E-state index contributed by atoms with van der Waals surface area (Å²) in [7, 11) is 0. The number of carbonyl (C=O) groups excluding carboxylic acids is 1. The van der Waals surface area contributed by atoms with Crippen molar-refractivity contribution in [3.63, 3.8) is 0 Å². The van der Waals surface area contributed by atoms with Gasteiger partial charge in [0.15, 0.2) is 4.32 Å². The molecule has 0 saturated carbocycles. The smallest absolute Gasteiger partial charge is 0.335 e. The molecule has 1 amide bonds. The highest BCUT2D eigenvalue weighted by Crippen LogP contribution is 2.36. The number of halogens is 1. The summed E-state index contributed by atoms with van der Waals surface area (Å²) in [6.45, 7) is 0.325. The number of amides is 1. The molecule has 1 aliphatic heterocycles. The second-order valence-electron chi connectivity index (χ2n) is 6.83. The summed E-state index contributed by atoms with van der Waals surface area (Å²) < 4.78 is 6.20. The molecule has 0 bridgehead atoms. The van der Waals surface area contributed by atoms with Gasteiger partial charge in [-0.05, 0) is 48.0 Å². The number of nitrogens with zero attached hydrogens (tertiary/aromatic N) is 1. The number of benzene rings is 3. The van der Waals surface area contributed by atoms with Gasteiger partial charge in [-0.1, -0.05) is 72.0 Å². The van der Waals surface area contributed by atoms with Gasteiger partial charge in [-0.25, -0.2) is 4.79 Å². The molecule has 160 valence electrons. The zero-order valence-corrected chi connectivity index (χ0v) is 18.9. The Morgan fingerprint density at radius 2 is 1.88 bits per heavy atom. The molecule has 4 rings (SSSR count). The monoisotopic (exact) mass is 481 g/mol. The number of carbonyl (C=O) groups is 2. The highest BCUT2D eigenvalue weighted by Gasteiger charge is 2.33. The Balaban J connectivity index is 1.53. The Kier molecular flexibility index (Phi) is 6.60. The molecule has 0 radical (unpaired) electrons. The van der Waals surface area contributed by atoms with Gasteiger partial charge in [0.1, 0.15) is 12.4 Å². The van der Waals surface area contributed by atoms with Gasteiger partial charge in [0.05, 0.1) is 16.2 Å². The molecular weight excluding hydrogens is 466 g/mol. The molecule has 3 aromatic rings. The molecule has 0 aromatic heterocycles. The average molecular weight is 482 g/mol. The summed E-state index contributed by atoms with van der Waals surface area (Å²) in [5.74, 6) is -0.727. The van der Waals surface area contributed by atoms with Crippen molar-refractivity contribution in [1.82, 2.24) is 0 Å². The lowest BCUT2D eigenvalue weighted by Crippen LogP contribution is -2.27. The van der Waals surface area contributed by atoms with Crippen molar-refractivity contribution in [2.24, 2.45) is 0 Å². The summed E-state index contributed by atoms with van der Waals surface area (Å²) in [6, 6.07) is 21.0. The summed E-state index contributed by atoms with van der Waals surface area (Å²) in [5, 5.41) is 9.85. The van der Waals surface area contributed by atoms with Crippen molar-refractivity contribution in [3.05, 3.63) is 99.4 Å². The van der Waals surface area contributed by atoms with Gasteiger partial charge in [-0.2, -0.15) is 0 Å². The van der Waals surface area contributed by atoms with Gasteiger partial charge in [-0.3, -0.25) is 9.69 Å². The van der Waals surface area contributed by atoms with E-state index < -0.39 is 5.97 Å². The van der Waals surface area contributed by atoms with Gasteiger partial charge in [0.25, 0.3) is 5.91 Å². The highest BCUT2D eigenvalue weighted by molar-refractivity contribution is 8.27. The molecule has 5 nitrogen and oxygen atoms in total. The number of hydrogen-bond donors (Lipinski definition) is 1. The van der Waals surface area contributed by atoms with E-state index in [4.69, 9.17) is 28.6 Å². The standard InChI is InChI=1S/C24H16ClNO4S2/c25-20-10-2-1-6-17(20)14-30-19-9-3-5-15(11-19)12-21-22(27)26(24(31)32-21)18-8-4-7-16(13-18)23(28)29/h1-13H,14H2,(H,28,29)/b21-12-. The van der Waals surface area contributed by atoms with E-state index in [1.807, 2.05) is 48.5 Å². The number of aromatic carboxylic acids is 1. The van der Waals surface area contributed by atoms with E-state index in [0.29, 0.717) is 32.3 Å². The maximum atomic E-state index is 13.0. The van der Waals surface area contributed by atoms with Gasteiger partial charge in [0, 0.05) is 10.6 Å². The van der Waals surface area contributed by atoms with Crippen LogP contribution in [0.3, 0.4) is 0 Å². The second kappa shape index (κ2) is 9.56. The van der Waals surface area contributed by atoms with Crippen LogP contribution in [0.2, 0.25) is 5.02 Å². The van der Waals surface area contributed by atoms with Crippen molar-refractivity contribution in [2.45, 2.75) is 6.61 Å². The molecule has 0 atom stereocenters. The minimum Gasteiger partial charge on any atom is -0.489 e. The number of carboxylic acid groups (broad SMARTS) is 1. The normalized spacial score (nSPS) is 14.8. The molecule has 1 fully saturated rings. The molecule has 0 aliphatic carbocycles. The van der Waals surface area contributed by atoms with E-state index in [9.17, 15) is 14.7 Å². The Bertz CT molecular complexity index is 1260. The van der Waals surface area contributed by atoms with Crippen LogP contribution in [0.25, 0.3) is 6.08 Å². The van der Waals surface area contributed by atoms with Crippen LogP contribution in [0.15, 0.2) is 77.7 Å². The molecule has 1 N–H and O–H groups in total. The minimum atomic E-state index is -1.07. The fourth-order valence-electron chi connectivity index (χ4n) is 3.09. The van der Waals surface area contributed by atoms with Crippen molar-refractivity contribution in [3.8, 4) is 5.75 Å². The molecule has 1 aliphatic rings. The van der Waals surface area contributed by atoms with Crippen LogP contribution in [0, 0.1) is 0 Å². The molecular formula is C24H16ClNO4S2. The number of ether oxygens (including phenoxy) is 1. The average Bonchev–Trinajstić information content (AvgIpc) is 3.06. The number of thioether (sulfide) groups is 1. The number of hydrogen-bond acceptors (Lipinski definition) is 5. The molecule has 1 heterocycles. The van der Waals surface area contributed by atoms with E-state index >= 15 is 0 Å². The van der Waals surface area contributed by atoms with Gasteiger partial charge >= 0.3 is 5.97 Å². The Morgan fingerprint density at radius 1 is 1.09 bits per heavy atom. The SMILES string of the molecule is O=C(O)c1cccc(N2C(=O)/C(=C/c3cccc(OCc4ccccc4Cl)c3)SC2=S)c1.